The van der Waals surface area contributed by atoms with Crippen LogP contribution in [0.4, 0.5) is 5.69 Å². The van der Waals surface area contributed by atoms with Gasteiger partial charge in [-0.25, -0.2) is 9.78 Å². The van der Waals surface area contributed by atoms with Crippen LogP contribution >= 0.6 is 11.6 Å². The van der Waals surface area contributed by atoms with Crippen molar-refractivity contribution >= 4 is 34.8 Å². The van der Waals surface area contributed by atoms with Crippen LogP contribution in [-0.2, 0) is 4.74 Å². The molecule has 0 radical (unpaired) electrons. The summed E-state index contributed by atoms with van der Waals surface area (Å²) in [6.07, 6.45) is 2.99. The van der Waals surface area contributed by atoms with Gasteiger partial charge in [0.25, 0.3) is 5.91 Å². The number of carbonyl (C=O) groups excluding carboxylic acids is 2. The highest BCUT2D eigenvalue weighted by Crippen LogP contribution is 2.22. The SMILES string of the molecule is CC(C)OC(=O)c1cc(NC(=O)c2cnc3ccccn23)ccc1Cl. The van der Waals surface area contributed by atoms with Crippen molar-refractivity contribution in [2.75, 3.05) is 5.32 Å². The van der Waals surface area contributed by atoms with Crippen molar-refractivity contribution in [2.24, 2.45) is 0 Å². The fourth-order valence-corrected chi connectivity index (χ4v) is 2.53. The zero-order valence-corrected chi connectivity index (χ0v) is 14.4. The molecule has 2 aromatic heterocycles. The summed E-state index contributed by atoms with van der Waals surface area (Å²) < 4.78 is 6.84. The standard InChI is InChI=1S/C18H16ClN3O3/c1-11(2)25-18(24)13-9-12(6-7-14(13)19)21-17(23)15-10-20-16-5-3-4-8-22(15)16/h3-11H,1-2H3,(H,21,23). The van der Waals surface area contributed by atoms with Gasteiger partial charge >= 0.3 is 5.97 Å². The maximum absolute atomic E-state index is 12.5. The Balaban J connectivity index is 1.85. The summed E-state index contributed by atoms with van der Waals surface area (Å²) in [5.74, 6) is -0.880. The zero-order chi connectivity index (χ0) is 18.0. The molecule has 1 N–H and O–H groups in total. The molecule has 6 nitrogen and oxygen atoms in total. The number of nitrogens with zero attached hydrogens (tertiary/aromatic N) is 2. The Morgan fingerprint density at radius 1 is 1.24 bits per heavy atom. The number of nitrogens with one attached hydrogen (secondary N) is 1. The van der Waals surface area contributed by atoms with Crippen LogP contribution in [0.2, 0.25) is 5.02 Å². The van der Waals surface area contributed by atoms with Crippen molar-refractivity contribution < 1.29 is 14.3 Å². The molecular formula is C18H16ClN3O3. The lowest BCUT2D eigenvalue weighted by atomic mass is 10.2. The second-order valence-corrected chi connectivity index (χ2v) is 6.08. The third-order valence-electron chi connectivity index (χ3n) is 3.44. The topological polar surface area (TPSA) is 72.7 Å². The summed E-state index contributed by atoms with van der Waals surface area (Å²) in [6.45, 7) is 3.50. The molecule has 0 spiro atoms. The van der Waals surface area contributed by atoms with Crippen LogP contribution < -0.4 is 5.32 Å². The highest BCUT2D eigenvalue weighted by molar-refractivity contribution is 6.33. The summed E-state index contributed by atoms with van der Waals surface area (Å²) in [5, 5.41) is 3.01. The maximum Gasteiger partial charge on any atom is 0.339 e. The van der Waals surface area contributed by atoms with E-state index < -0.39 is 5.97 Å². The van der Waals surface area contributed by atoms with E-state index >= 15 is 0 Å². The van der Waals surface area contributed by atoms with E-state index in [1.165, 1.54) is 12.3 Å². The molecule has 0 saturated heterocycles. The van der Waals surface area contributed by atoms with Crippen LogP contribution in [0.5, 0.6) is 0 Å². The predicted octanol–water partition coefficient (Wildman–Crippen LogP) is 3.81. The Bertz CT molecular complexity index is 950. The lowest BCUT2D eigenvalue weighted by molar-refractivity contribution is 0.0378. The second kappa shape index (κ2) is 6.94. The normalized spacial score (nSPS) is 10.9. The Hall–Kier alpha value is -2.86. The van der Waals surface area contributed by atoms with E-state index in [9.17, 15) is 9.59 Å². The van der Waals surface area contributed by atoms with Crippen molar-refractivity contribution in [3.63, 3.8) is 0 Å². The lowest BCUT2D eigenvalue weighted by Crippen LogP contribution is -2.16. The summed E-state index contributed by atoms with van der Waals surface area (Å²) in [6, 6.07) is 10.1. The van der Waals surface area contributed by atoms with E-state index in [4.69, 9.17) is 16.3 Å². The van der Waals surface area contributed by atoms with Gasteiger partial charge in [-0.3, -0.25) is 9.20 Å². The Morgan fingerprint density at radius 2 is 2.04 bits per heavy atom. The van der Waals surface area contributed by atoms with Crippen LogP contribution in [0.1, 0.15) is 34.7 Å². The molecule has 0 fully saturated rings. The Morgan fingerprint density at radius 3 is 2.80 bits per heavy atom. The van der Waals surface area contributed by atoms with E-state index in [1.54, 1.807) is 42.6 Å². The lowest BCUT2D eigenvalue weighted by Gasteiger charge is -2.11. The van der Waals surface area contributed by atoms with Crippen LogP contribution in [0.25, 0.3) is 5.65 Å². The molecular weight excluding hydrogens is 342 g/mol. The minimum atomic E-state index is -0.536. The first-order chi connectivity index (χ1) is 12.0. The molecule has 7 heteroatoms. The molecule has 0 aliphatic heterocycles. The van der Waals surface area contributed by atoms with Gasteiger partial charge in [0.1, 0.15) is 11.3 Å². The van der Waals surface area contributed by atoms with Crippen LogP contribution in [0.3, 0.4) is 0 Å². The largest absolute Gasteiger partial charge is 0.459 e. The van der Waals surface area contributed by atoms with Gasteiger partial charge in [0, 0.05) is 11.9 Å². The fraction of sp³-hybridized carbons (Fsp3) is 0.167. The van der Waals surface area contributed by atoms with Gasteiger partial charge in [-0.1, -0.05) is 17.7 Å². The fourth-order valence-electron chi connectivity index (χ4n) is 2.33. The van der Waals surface area contributed by atoms with Gasteiger partial charge in [-0.2, -0.15) is 0 Å². The van der Waals surface area contributed by atoms with Gasteiger partial charge in [0.05, 0.1) is 22.9 Å². The predicted molar refractivity (Wildman–Crippen MR) is 95.1 cm³/mol. The molecule has 0 aliphatic carbocycles. The minimum absolute atomic E-state index is 0.200. The molecule has 0 saturated carbocycles. The van der Waals surface area contributed by atoms with Gasteiger partial charge in [0.15, 0.2) is 0 Å². The summed E-state index contributed by atoms with van der Waals surface area (Å²) >= 11 is 6.06. The molecule has 3 aromatic rings. The highest BCUT2D eigenvalue weighted by atomic mass is 35.5. The molecule has 0 bridgehead atoms. The number of hydrogen-bond acceptors (Lipinski definition) is 4. The number of carbonyl (C=O) groups is 2. The molecule has 1 aromatic carbocycles. The Labute approximate surface area is 149 Å². The molecule has 128 valence electrons. The van der Waals surface area contributed by atoms with Crippen LogP contribution in [0.15, 0.2) is 48.8 Å². The maximum atomic E-state index is 12.5. The number of anilines is 1. The number of hydrogen-bond donors (Lipinski definition) is 1. The number of halogens is 1. The van der Waals surface area contributed by atoms with E-state index in [1.807, 2.05) is 12.1 Å². The number of esters is 1. The van der Waals surface area contributed by atoms with Crippen molar-refractivity contribution in [2.45, 2.75) is 20.0 Å². The number of fused-ring (bicyclic) bond motifs is 1. The average Bonchev–Trinajstić information content (AvgIpc) is 3.00. The number of ether oxygens (including phenoxy) is 1. The molecule has 1 amide bonds. The number of benzene rings is 1. The minimum Gasteiger partial charge on any atom is -0.459 e. The summed E-state index contributed by atoms with van der Waals surface area (Å²) in [4.78, 5) is 28.8. The van der Waals surface area contributed by atoms with Crippen LogP contribution in [-0.4, -0.2) is 27.4 Å². The van der Waals surface area contributed by atoms with Gasteiger partial charge in [-0.15, -0.1) is 0 Å². The van der Waals surface area contributed by atoms with E-state index in [-0.39, 0.29) is 22.6 Å². The van der Waals surface area contributed by atoms with Gasteiger partial charge < -0.3 is 10.1 Å². The number of rotatable bonds is 4. The van der Waals surface area contributed by atoms with Gasteiger partial charge in [-0.05, 0) is 44.2 Å². The van der Waals surface area contributed by atoms with Crippen molar-refractivity contribution in [1.29, 1.82) is 0 Å². The molecule has 0 aliphatic rings. The first-order valence-corrected chi connectivity index (χ1v) is 8.07. The monoisotopic (exact) mass is 357 g/mol. The second-order valence-electron chi connectivity index (χ2n) is 5.68. The number of pyridine rings is 1. The van der Waals surface area contributed by atoms with Crippen molar-refractivity contribution in [1.82, 2.24) is 9.38 Å². The van der Waals surface area contributed by atoms with E-state index in [0.29, 0.717) is 17.0 Å². The third-order valence-corrected chi connectivity index (χ3v) is 3.77. The molecule has 2 heterocycles. The first kappa shape index (κ1) is 17.0. The molecule has 0 atom stereocenters. The third kappa shape index (κ3) is 3.64. The number of aromatic nitrogens is 2. The van der Waals surface area contributed by atoms with Gasteiger partial charge in [0.2, 0.25) is 0 Å². The number of imidazole rings is 1. The molecule has 0 unspecified atom stereocenters. The first-order valence-electron chi connectivity index (χ1n) is 7.69. The van der Waals surface area contributed by atoms with E-state index in [0.717, 1.165) is 0 Å². The summed E-state index contributed by atoms with van der Waals surface area (Å²) in [7, 11) is 0. The van der Waals surface area contributed by atoms with Crippen molar-refractivity contribution in [3.05, 3.63) is 65.1 Å². The Kier molecular flexibility index (Phi) is 4.72. The smallest absolute Gasteiger partial charge is 0.339 e. The summed E-state index contributed by atoms with van der Waals surface area (Å²) in [5.41, 5.74) is 1.70. The van der Waals surface area contributed by atoms with Crippen molar-refractivity contribution in [3.8, 4) is 0 Å². The average molecular weight is 358 g/mol. The quantitative estimate of drug-likeness (QED) is 0.721. The van der Waals surface area contributed by atoms with E-state index in [2.05, 4.69) is 10.3 Å². The highest BCUT2D eigenvalue weighted by Gasteiger charge is 2.16. The van der Waals surface area contributed by atoms with Crippen LogP contribution in [0, 0.1) is 0 Å². The molecule has 25 heavy (non-hydrogen) atoms. The zero-order valence-electron chi connectivity index (χ0n) is 13.7. The number of amides is 1. The molecule has 3 rings (SSSR count).